The summed E-state index contributed by atoms with van der Waals surface area (Å²) in [5.41, 5.74) is 0. The molecule has 2 atom stereocenters. The minimum Gasteiger partial charge on any atom is -0.459 e. The molecule has 0 bridgehead atoms. The highest BCUT2D eigenvalue weighted by atomic mass is 127. The summed E-state index contributed by atoms with van der Waals surface area (Å²) in [6, 6.07) is 3.36. The lowest BCUT2D eigenvalue weighted by Crippen LogP contribution is -2.48. The van der Waals surface area contributed by atoms with Gasteiger partial charge >= 0.3 is 0 Å². The molecule has 2 unspecified atom stereocenters. The first-order valence-electron chi connectivity index (χ1n) is 8.45. The van der Waals surface area contributed by atoms with E-state index in [1.807, 2.05) is 0 Å². The van der Waals surface area contributed by atoms with Crippen molar-refractivity contribution in [3.05, 3.63) is 24.2 Å². The van der Waals surface area contributed by atoms with Crippen LogP contribution in [0.15, 0.2) is 27.8 Å². The molecule has 1 aromatic heterocycles. The van der Waals surface area contributed by atoms with Gasteiger partial charge in [-0.1, -0.05) is 13.8 Å². The molecule has 24 heavy (non-hydrogen) atoms. The van der Waals surface area contributed by atoms with E-state index in [4.69, 9.17) is 4.42 Å². The Morgan fingerprint density at radius 1 is 1.33 bits per heavy atom. The number of aliphatic imine (C=N–C) groups is 1. The van der Waals surface area contributed by atoms with Crippen LogP contribution < -0.4 is 10.6 Å². The Bertz CT molecular complexity index is 509. The van der Waals surface area contributed by atoms with Gasteiger partial charge in [0.25, 0.3) is 5.91 Å². The van der Waals surface area contributed by atoms with Crippen molar-refractivity contribution >= 4 is 35.8 Å². The molecule has 0 radical (unpaired) electrons. The van der Waals surface area contributed by atoms with E-state index in [0.717, 1.165) is 25.6 Å². The van der Waals surface area contributed by atoms with Crippen molar-refractivity contribution in [3.8, 4) is 0 Å². The Balaban J connectivity index is 0.00000288. The number of nitrogens with one attached hydrogen (secondary N) is 2. The third-order valence-electron chi connectivity index (χ3n) is 3.91. The number of carbonyl (C=O) groups is 1. The number of piperidine rings is 1. The predicted molar refractivity (Wildman–Crippen MR) is 107 cm³/mol. The van der Waals surface area contributed by atoms with E-state index in [0.29, 0.717) is 30.7 Å². The summed E-state index contributed by atoms with van der Waals surface area (Å²) in [4.78, 5) is 18.8. The lowest BCUT2D eigenvalue weighted by molar-refractivity contribution is 0.0927. The molecule has 0 spiro atoms. The van der Waals surface area contributed by atoms with E-state index in [9.17, 15) is 4.79 Å². The number of guanidine groups is 1. The Kier molecular flexibility index (Phi) is 9.17. The summed E-state index contributed by atoms with van der Waals surface area (Å²) in [6.07, 6.45) is 2.77. The number of amides is 1. The molecule has 1 aliphatic rings. The first-order valence-corrected chi connectivity index (χ1v) is 8.45. The van der Waals surface area contributed by atoms with Crippen LogP contribution in [-0.2, 0) is 0 Å². The molecule has 1 aromatic rings. The van der Waals surface area contributed by atoms with Gasteiger partial charge in [-0.05, 0) is 37.3 Å². The Hall–Kier alpha value is -1.25. The zero-order valence-electron chi connectivity index (χ0n) is 14.7. The third-order valence-corrected chi connectivity index (χ3v) is 3.91. The summed E-state index contributed by atoms with van der Waals surface area (Å²) in [6.45, 7) is 10.6. The van der Waals surface area contributed by atoms with Crippen molar-refractivity contribution in [2.75, 3.05) is 32.7 Å². The Morgan fingerprint density at radius 3 is 2.62 bits per heavy atom. The standard InChI is InChI=1S/C17H28N4O2.HI/c1-4-18-17(21-11-13(2)10-14(3)12-21)20-8-7-19-16(22)15-6-5-9-23-15;/h5-6,9,13-14H,4,7-8,10-12H2,1-3H3,(H,18,20)(H,19,22);1H. The SMILES string of the molecule is CCNC(=NCCNC(=O)c1ccco1)N1CC(C)CC(C)C1.I. The molecular weight excluding hydrogens is 419 g/mol. The van der Waals surface area contributed by atoms with Gasteiger partial charge in [0.2, 0.25) is 0 Å². The second-order valence-electron chi connectivity index (χ2n) is 6.32. The van der Waals surface area contributed by atoms with Crippen LogP contribution in [0, 0.1) is 11.8 Å². The van der Waals surface area contributed by atoms with Crippen molar-refractivity contribution in [3.63, 3.8) is 0 Å². The number of furan rings is 1. The van der Waals surface area contributed by atoms with Crippen LogP contribution in [0.4, 0.5) is 0 Å². The number of nitrogens with zero attached hydrogens (tertiary/aromatic N) is 2. The minimum absolute atomic E-state index is 0. The number of carbonyl (C=O) groups excluding carboxylic acids is 1. The van der Waals surface area contributed by atoms with E-state index < -0.39 is 0 Å². The monoisotopic (exact) mass is 448 g/mol. The maximum Gasteiger partial charge on any atom is 0.287 e. The number of likely N-dealkylation sites (tertiary alicyclic amines) is 1. The van der Waals surface area contributed by atoms with Crippen LogP contribution in [0.2, 0.25) is 0 Å². The summed E-state index contributed by atoms with van der Waals surface area (Å²) in [7, 11) is 0. The van der Waals surface area contributed by atoms with Gasteiger partial charge in [-0.3, -0.25) is 9.79 Å². The number of rotatable bonds is 5. The van der Waals surface area contributed by atoms with Crippen LogP contribution >= 0.6 is 24.0 Å². The minimum atomic E-state index is -0.199. The molecule has 0 saturated carbocycles. The number of hydrogen-bond acceptors (Lipinski definition) is 3. The predicted octanol–water partition coefficient (Wildman–Crippen LogP) is 2.57. The quantitative estimate of drug-likeness (QED) is 0.315. The summed E-state index contributed by atoms with van der Waals surface area (Å²) in [5, 5.41) is 6.17. The molecule has 1 aliphatic heterocycles. The molecule has 0 aromatic carbocycles. The van der Waals surface area contributed by atoms with Crippen molar-refractivity contribution in [1.29, 1.82) is 0 Å². The van der Waals surface area contributed by atoms with E-state index >= 15 is 0 Å². The van der Waals surface area contributed by atoms with Crippen molar-refractivity contribution in [2.24, 2.45) is 16.8 Å². The Morgan fingerprint density at radius 2 is 2.04 bits per heavy atom. The highest BCUT2D eigenvalue weighted by Gasteiger charge is 2.23. The van der Waals surface area contributed by atoms with Crippen LogP contribution in [-0.4, -0.2) is 49.5 Å². The Labute approximate surface area is 161 Å². The normalized spacial score (nSPS) is 21.1. The van der Waals surface area contributed by atoms with E-state index in [1.54, 1.807) is 12.1 Å². The highest BCUT2D eigenvalue weighted by Crippen LogP contribution is 2.20. The number of hydrogen-bond donors (Lipinski definition) is 2. The van der Waals surface area contributed by atoms with Gasteiger partial charge in [-0.2, -0.15) is 0 Å². The first-order chi connectivity index (χ1) is 11.1. The largest absolute Gasteiger partial charge is 0.459 e. The smallest absolute Gasteiger partial charge is 0.287 e. The molecule has 1 saturated heterocycles. The van der Waals surface area contributed by atoms with Crippen molar-refractivity contribution in [2.45, 2.75) is 27.2 Å². The lowest BCUT2D eigenvalue weighted by atomic mass is 9.92. The van der Waals surface area contributed by atoms with Gasteiger partial charge in [-0.15, -0.1) is 24.0 Å². The molecule has 7 heteroatoms. The van der Waals surface area contributed by atoms with Gasteiger partial charge in [0, 0.05) is 26.2 Å². The summed E-state index contributed by atoms with van der Waals surface area (Å²) >= 11 is 0. The molecule has 1 amide bonds. The van der Waals surface area contributed by atoms with Gasteiger partial charge in [0.1, 0.15) is 0 Å². The molecule has 2 heterocycles. The van der Waals surface area contributed by atoms with Crippen LogP contribution in [0.5, 0.6) is 0 Å². The zero-order valence-corrected chi connectivity index (χ0v) is 17.1. The average molecular weight is 448 g/mol. The maximum atomic E-state index is 11.8. The molecular formula is C17H29IN4O2. The fourth-order valence-corrected chi connectivity index (χ4v) is 3.09. The fraction of sp³-hybridized carbons (Fsp3) is 0.647. The second kappa shape index (κ2) is 10.6. The van der Waals surface area contributed by atoms with Gasteiger partial charge in [0.15, 0.2) is 11.7 Å². The first kappa shape index (κ1) is 20.8. The summed E-state index contributed by atoms with van der Waals surface area (Å²) in [5.74, 6) is 2.44. The van der Waals surface area contributed by atoms with Crippen LogP contribution in [0.3, 0.4) is 0 Å². The summed E-state index contributed by atoms with van der Waals surface area (Å²) < 4.78 is 5.06. The van der Waals surface area contributed by atoms with E-state index in [2.05, 4.69) is 41.3 Å². The molecule has 2 rings (SSSR count). The highest BCUT2D eigenvalue weighted by molar-refractivity contribution is 14.0. The van der Waals surface area contributed by atoms with Gasteiger partial charge in [-0.25, -0.2) is 0 Å². The van der Waals surface area contributed by atoms with Crippen LogP contribution in [0.25, 0.3) is 0 Å². The van der Waals surface area contributed by atoms with Gasteiger partial charge in [0.05, 0.1) is 12.8 Å². The van der Waals surface area contributed by atoms with E-state index in [1.165, 1.54) is 12.7 Å². The number of halogens is 1. The average Bonchev–Trinajstić information content (AvgIpc) is 3.03. The van der Waals surface area contributed by atoms with Crippen LogP contribution in [0.1, 0.15) is 37.7 Å². The van der Waals surface area contributed by atoms with Crippen molar-refractivity contribution < 1.29 is 9.21 Å². The molecule has 1 fully saturated rings. The third kappa shape index (κ3) is 6.33. The van der Waals surface area contributed by atoms with Crippen molar-refractivity contribution in [1.82, 2.24) is 15.5 Å². The van der Waals surface area contributed by atoms with Gasteiger partial charge < -0.3 is 20.0 Å². The lowest BCUT2D eigenvalue weighted by Gasteiger charge is -2.37. The molecule has 136 valence electrons. The maximum absolute atomic E-state index is 11.8. The topological polar surface area (TPSA) is 69.9 Å². The molecule has 2 N–H and O–H groups in total. The zero-order chi connectivity index (χ0) is 16.7. The molecule has 0 aliphatic carbocycles. The fourth-order valence-electron chi connectivity index (χ4n) is 3.09. The molecule has 6 nitrogen and oxygen atoms in total. The van der Waals surface area contributed by atoms with E-state index in [-0.39, 0.29) is 29.9 Å². The second-order valence-corrected chi connectivity index (χ2v) is 6.32.